The summed E-state index contributed by atoms with van der Waals surface area (Å²) >= 11 is 0. The fourth-order valence-corrected chi connectivity index (χ4v) is 8.71. The summed E-state index contributed by atoms with van der Waals surface area (Å²) in [6.45, 7) is 3.48. The van der Waals surface area contributed by atoms with Crippen LogP contribution in [0.1, 0.15) is 194 Å². The fourth-order valence-electron chi connectivity index (χ4n) is 7.24. The van der Waals surface area contributed by atoms with Crippen LogP contribution < -0.4 is 6.15 Å². The largest absolute Gasteiger partial charge is 0.462 e. The number of unbranched alkanes of at least 4 members (excludes halogenated alkanes) is 24. The lowest BCUT2D eigenvalue weighted by Crippen LogP contribution is -2.61. The summed E-state index contributed by atoms with van der Waals surface area (Å²) in [6.07, 6.45) is 19.7. The van der Waals surface area contributed by atoms with E-state index in [4.69, 9.17) is 14.0 Å². The van der Waals surface area contributed by atoms with Gasteiger partial charge in [0.05, 0.1) is 25.0 Å². The maximum Gasteiger partial charge on any atom is 0.328 e. The first-order valence-corrected chi connectivity index (χ1v) is 23.9. The van der Waals surface area contributed by atoms with E-state index in [1.54, 1.807) is 0 Å². The van der Waals surface area contributed by atoms with Crippen molar-refractivity contribution in [3.63, 3.8) is 0 Å². The summed E-state index contributed by atoms with van der Waals surface area (Å²) in [5.41, 5.74) is 0. The lowest BCUT2D eigenvalue weighted by molar-refractivity contribution is -0.199. The van der Waals surface area contributed by atoms with Gasteiger partial charge in [0.15, 0.2) is 6.10 Å². The molecule has 1 rings (SSSR count). The summed E-state index contributed by atoms with van der Waals surface area (Å²) in [6, 6.07) is 0. The van der Waals surface area contributed by atoms with E-state index in [0.717, 1.165) is 38.5 Å². The topological polar surface area (TPSA) is 235 Å². The highest BCUT2D eigenvalue weighted by Crippen LogP contribution is 2.47. The van der Waals surface area contributed by atoms with E-state index in [9.17, 15) is 44.6 Å². The van der Waals surface area contributed by atoms with Gasteiger partial charge in [-0.05, 0) is 12.8 Å². The zero-order valence-electron chi connectivity index (χ0n) is 35.2. The number of esters is 2. The van der Waals surface area contributed by atoms with Gasteiger partial charge in [-0.15, -0.1) is 0 Å². The van der Waals surface area contributed by atoms with Crippen molar-refractivity contribution in [2.45, 2.75) is 230 Å². The van der Waals surface area contributed by atoms with Crippen LogP contribution in [0.3, 0.4) is 0 Å². The summed E-state index contributed by atoms with van der Waals surface area (Å²) in [4.78, 5) is 35.8. The minimum Gasteiger partial charge on any atom is -0.462 e. The molecule has 0 aromatic carbocycles. The number of hydrogen-bond acceptors (Lipinski definition) is 12. The summed E-state index contributed by atoms with van der Waals surface area (Å²) in [5.74, 6) is -2.50. The lowest BCUT2D eigenvalue weighted by Gasteiger charge is -2.42. The Labute approximate surface area is 339 Å². The van der Waals surface area contributed by atoms with Gasteiger partial charge in [0.25, 0.3) is 0 Å². The summed E-state index contributed by atoms with van der Waals surface area (Å²) in [7, 11) is -4.60. The second-order valence-electron chi connectivity index (χ2n) is 16.0. The Kier molecular flexibility index (Phi) is 34.0. The molecule has 0 aromatic rings. The van der Waals surface area contributed by atoms with Gasteiger partial charge >= 0.3 is 19.5 Å². The third kappa shape index (κ3) is 26.8. The van der Waals surface area contributed by atoms with Crippen LogP contribution in [0, 0.1) is 5.92 Å². The zero-order valence-corrected chi connectivity index (χ0v) is 36.1. The predicted molar refractivity (Wildman–Crippen MR) is 221 cm³/mol. The highest BCUT2D eigenvalue weighted by Gasteiger charge is 2.50. The standard InChI is InChI=1S/C42H81O12P.H3N/c1-3-5-7-9-11-13-15-17-19-21-23-25-27-29-36(43)52-31-34(32-53-55(50,51)33-35-38(45)40(47)42(49)41(48)39(35)46)54-37(44)30-28-26-24-22-20-18-16-14-12-10-8-6-4-2;/h34-35,38-42,45-49H,3-33H2,1-2H3,(H,50,51);1H3/t34-,35?,38-,39-,40-,41+,42?;/m0./s1. The van der Waals surface area contributed by atoms with Gasteiger partial charge in [-0.2, -0.15) is 0 Å². The molecular weight excluding hydrogens is 741 g/mol. The SMILES string of the molecule is CCCCCCCCCCCCCCCC(=O)OC[C@@H](COP(=O)(O)CC1[C@H](O)[C@H](O)C(O)[C@H](O)[C@H]1O)OC(=O)CCCCCCCCCCCCCCC.N. The molecule has 0 spiro atoms. The molecule has 9 N–H and O–H groups in total. The molecule has 8 atom stereocenters. The van der Waals surface area contributed by atoms with E-state index in [-0.39, 0.29) is 25.6 Å². The molecule has 0 amide bonds. The third-order valence-corrected chi connectivity index (χ3v) is 12.3. The van der Waals surface area contributed by atoms with E-state index < -0.39 is 74.8 Å². The molecule has 3 unspecified atom stereocenters. The number of rotatable bonds is 36. The van der Waals surface area contributed by atoms with Crippen molar-refractivity contribution in [2.75, 3.05) is 19.4 Å². The van der Waals surface area contributed by atoms with Crippen molar-refractivity contribution >= 4 is 19.5 Å². The van der Waals surface area contributed by atoms with Gasteiger partial charge < -0.3 is 50.6 Å². The molecule has 1 saturated carbocycles. The first kappa shape index (κ1) is 54.9. The molecule has 0 heterocycles. The molecule has 0 saturated heterocycles. The molecule has 1 fully saturated rings. The summed E-state index contributed by atoms with van der Waals surface area (Å²) < 4.78 is 29.1. The van der Waals surface area contributed by atoms with Gasteiger partial charge in [0.2, 0.25) is 0 Å². The molecule has 0 bridgehead atoms. The fraction of sp³-hybridized carbons (Fsp3) is 0.952. The average molecular weight is 826 g/mol. The Balaban J connectivity index is 0.0000302. The van der Waals surface area contributed by atoms with Crippen LogP contribution in [0.5, 0.6) is 0 Å². The van der Waals surface area contributed by atoms with Gasteiger partial charge in [-0.25, -0.2) is 0 Å². The molecule has 334 valence electrons. The Morgan fingerprint density at radius 1 is 0.500 bits per heavy atom. The molecule has 1 aliphatic carbocycles. The minimum absolute atomic E-state index is 0. The average Bonchev–Trinajstić information content (AvgIpc) is 3.16. The molecular formula is C42H84NO12P. The Bertz CT molecular complexity index is 991. The maximum atomic E-state index is 13.0. The molecule has 56 heavy (non-hydrogen) atoms. The number of carbonyl (C=O) groups excluding carboxylic acids is 2. The second kappa shape index (κ2) is 34.7. The van der Waals surface area contributed by atoms with E-state index in [1.807, 2.05) is 0 Å². The highest BCUT2D eigenvalue weighted by atomic mass is 31.2. The number of aliphatic hydroxyl groups is 5. The summed E-state index contributed by atoms with van der Waals surface area (Å²) in [5, 5.41) is 50.5. The molecule has 0 aromatic heterocycles. The highest BCUT2D eigenvalue weighted by molar-refractivity contribution is 7.52. The van der Waals surface area contributed by atoms with Crippen molar-refractivity contribution in [1.29, 1.82) is 0 Å². The van der Waals surface area contributed by atoms with Gasteiger partial charge in [0, 0.05) is 18.8 Å². The Morgan fingerprint density at radius 3 is 1.20 bits per heavy atom. The van der Waals surface area contributed by atoms with E-state index >= 15 is 0 Å². The van der Waals surface area contributed by atoms with Crippen molar-refractivity contribution in [2.24, 2.45) is 5.92 Å². The predicted octanol–water partition coefficient (Wildman–Crippen LogP) is 8.20. The van der Waals surface area contributed by atoms with Crippen LogP contribution >= 0.6 is 7.60 Å². The van der Waals surface area contributed by atoms with E-state index in [1.165, 1.54) is 116 Å². The maximum absolute atomic E-state index is 13.0. The van der Waals surface area contributed by atoms with Gasteiger partial charge in [-0.1, -0.05) is 168 Å². The van der Waals surface area contributed by atoms with Crippen molar-refractivity contribution in [3.05, 3.63) is 0 Å². The van der Waals surface area contributed by atoms with Crippen LogP contribution in [0.25, 0.3) is 0 Å². The number of aliphatic hydroxyl groups excluding tert-OH is 5. The number of hydrogen-bond donors (Lipinski definition) is 7. The first-order chi connectivity index (χ1) is 26.4. The van der Waals surface area contributed by atoms with E-state index in [0.29, 0.717) is 12.8 Å². The number of carbonyl (C=O) groups is 2. The molecule has 0 aliphatic heterocycles. The number of ether oxygens (including phenoxy) is 2. The van der Waals surface area contributed by atoms with E-state index in [2.05, 4.69) is 13.8 Å². The van der Waals surface area contributed by atoms with Gasteiger partial charge in [0.1, 0.15) is 24.9 Å². The van der Waals surface area contributed by atoms with Crippen LogP contribution in [-0.2, 0) is 28.2 Å². The van der Waals surface area contributed by atoms with Crippen molar-refractivity contribution < 1.29 is 58.6 Å². The Morgan fingerprint density at radius 2 is 0.821 bits per heavy atom. The zero-order chi connectivity index (χ0) is 40.7. The normalized spacial score (nSPS) is 22.6. The van der Waals surface area contributed by atoms with Gasteiger partial charge in [-0.3, -0.25) is 14.2 Å². The van der Waals surface area contributed by atoms with Crippen LogP contribution in [0.4, 0.5) is 0 Å². The monoisotopic (exact) mass is 826 g/mol. The molecule has 1 aliphatic rings. The molecule has 14 heteroatoms. The lowest BCUT2D eigenvalue weighted by atomic mass is 9.79. The first-order valence-electron chi connectivity index (χ1n) is 22.1. The Hall–Kier alpha value is -1.15. The smallest absolute Gasteiger partial charge is 0.328 e. The molecule has 0 radical (unpaired) electrons. The van der Waals surface area contributed by atoms with Crippen LogP contribution in [0.2, 0.25) is 0 Å². The van der Waals surface area contributed by atoms with Crippen molar-refractivity contribution in [3.8, 4) is 0 Å². The third-order valence-electron chi connectivity index (χ3n) is 10.9. The quantitative estimate of drug-likeness (QED) is 0.0179. The minimum atomic E-state index is -4.60. The van der Waals surface area contributed by atoms with Crippen LogP contribution in [-0.4, -0.2) is 98.4 Å². The van der Waals surface area contributed by atoms with Crippen LogP contribution in [0.15, 0.2) is 0 Å². The second-order valence-corrected chi connectivity index (χ2v) is 17.9. The molecule has 13 nitrogen and oxygen atoms in total. The van der Waals surface area contributed by atoms with Crippen molar-refractivity contribution in [1.82, 2.24) is 6.15 Å².